The lowest BCUT2D eigenvalue weighted by Crippen LogP contribution is -2.51. The van der Waals surface area contributed by atoms with E-state index in [2.05, 4.69) is 29.6 Å². The Morgan fingerprint density at radius 3 is 2.22 bits per heavy atom. The van der Waals surface area contributed by atoms with Gasteiger partial charge in [0.15, 0.2) is 0 Å². The maximum Gasteiger partial charge on any atom is 0.252 e. The topological polar surface area (TPSA) is 67.9 Å². The summed E-state index contributed by atoms with van der Waals surface area (Å²) in [4.78, 5) is 28.3. The molecule has 2 unspecified atom stereocenters. The molecule has 32 heavy (non-hydrogen) atoms. The highest BCUT2D eigenvalue weighted by molar-refractivity contribution is 5.98. The number of carbonyl (C=O) groups is 2. The molecule has 172 valence electrons. The molecule has 0 aliphatic carbocycles. The molecule has 2 atom stereocenters. The van der Waals surface area contributed by atoms with Crippen molar-refractivity contribution in [2.24, 2.45) is 5.92 Å². The van der Waals surface area contributed by atoms with Crippen LogP contribution in [0.4, 0.5) is 0 Å². The van der Waals surface area contributed by atoms with Crippen LogP contribution in [0, 0.1) is 5.92 Å². The average molecular weight is 439 g/mol. The summed E-state index contributed by atoms with van der Waals surface area (Å²) in [6.45, 7) is 5.33. The quantitative estimate of drug-likeness (QED) is 0.702. The third-order valence-corrected chi connectivity index (χ3v) is 6.14. The van der Waals surface area contributed by atoms with Gasteiger partial charge in [-0.15, -0.1) is 0 Å². The Morgan fingerprint density at radius 1 is 0.969 bits per heavy atom. The smallest absolute Gasteiger partial charge is 0.252 e. The maximum absolute atomic E-state index is 13.4. The Hall–Kier alpha value is -3.02. The summed E-state index contributed by atoms with van der Waals surface area (Å²) in [5.74, 6) is 1.16. The largest absolute Gasteiger partial charge is 0.497 e. The number of hydrogen-bond acceptors (Lipinski definition) is 4. The van der Waals surface area contributed by atoms with Crippen molar-refractivity contribution in [2.45, 2.75) is 45.1 Å². The molecule has 1 aliphatic heterocycles. The molecule has 1 fully saturated rings. The third kappa shape index (κ3) is 5.81. The summed E-state index contributed by atoms with van der Waals surface area (Å²) in [7, 11) is 3.08. The van der Waals surface area contributed by atoms with Crippen LogP contribution in [0.3, 0.4) is 0 Å². The molecular formula is C26H34N2O4. The average Bonchev–Trinajstić information content (AvgIpc) is 3.08. The van der Waals surface area contributed by atoms with Crippen LogP contribution in [0.1, 0.15) is 54.9 Å². The number of nitrogens with zero attached hydrogens (tertiary/aromatic N) is 1. The molecule has 0 spiro atoms. The van der Waals surface area contributed by atoms with Crippen LogP contribution < -0.4 is 14.8 Å². The highest BCUT2D eigenvalue weighted by Gasteiger charge is 2.31. The zero-order valence-electron chi connectivity index (χ0n) is 19.5. The van der Waals surface area contributed by atoms with Crippen molar-refractivity contribution < 1.29 is 19.1 Å². The van der Waals surface area contributed by atoms with Crippen LogP contribution in [-0.4, -0.2) is 50.1 Å². The Morgan fingerprint density at radius 2 is 1.62 bits per heavy atom. The van der Waals surface area contributed by atoms with E-state index in [1.807, 2.05) is 24.8 Å². The lowest BCUT2D eigenvalue weighted by Gasteiger charge is -2.29. The fourth-order valence-electron chi connectivity index (χ4n) is 4.25. The number of rotatable bonds is 7. The molecule has 0 bridgehead atoms. The lowest BCUT2D eigenvalue weighted by molar-refractivity contribution is -0.134. The van der Waals surface area contributed by atoms with Gasteiger partial charge in [0, 0.05) is 24.7 Å². The van der Waals surface area contributed by atoms with E-state index in [0.717, 1.165) is 19.3 Å². The lowest BCUT2D eigenvalue weighted by atomic mass is 9.92. The van der Waals surface area contributed by atoms with E-state index in [4.69, 9.17) is 9.47 Å². The van der Waals surface area contributed by atoms with E-state index in [9.17, 15) is 9.59 Å². The SMILES string of the molecule is COc1cc(OC)cc(C(=O)NC(C(=O)N2CCCC(c3ccccc3)CC2)C(C)C)c1. The Kier molecular flexibility index (Phi) is 8.14. The van der Waals surface area contributed by atoms with Crippen LogP contribution in [0.15, 0.2) is 48.5 Å². The number of ether oxygens (including phenoxy) is 2. The van der Waals surface area contributed by atoms with Crippen molar-refractivity contribution in [3.05, 3.63) is 59.7 Å². The summed E-state index contributed by atoms with van der Waals surface area (Å²) in [6, 6.07) is 14.9. The van der Waals surface area contributed by atoms with Gasteiger partial charge < -0.3 is 19.7 Å². The van der Waals surface area contributed by atoms with E-state index < -0.39 is 6.04 Å². The molecule has 3 rings (SSSR count). The monoisotopic (exact) mass is 438 g/mol. The highest BCUT2D eigenvalue weighted by Crippen LogP contribution is 2.28. The number of nitrogens with one attached hydrogen (secondary N) is 1. The van der Waals surface area contributed by atoms with E-state index in [0.29, 0.717) is 36.1 Å². The molecule has 2 amide bonds. The van der Waals surface area contributed by atoms with Gasteiger partial charge in [0.25, 0.3) is 5.91 Å². The first-order valence-electron chi connectivity index (χ1n) is 11.3. The van der Waals surface area contributed by atoms with Crippen molar-refractivity contribution in [1.82, 2.24) is 10.2 Å². The molecular weight excluding hydrogens is 404 g/mol. The standard InChI is InChI=1S/C26H34N2O4/c1-18(2)24(27-25(29)21-15-22(31-3)17-23(16-21)32-4)26(30)28-13-8-11-20(12-14-28)19-9-6-5-7-10-19/h5-7,9-10,15-18,20,24H,8,11-14H2,1-4H3,(H,27,29). The molecule has 1 N–H and O–H groups in total. The van der Waals surface area contributed by atoms with Gasteiger partial charge in [-0.3, -0.25) is 9.59 Å². The van der Waals surface area contributed by atoms with Crippen molar-refractivity contribution in [2.75, 3.05) is 27.3 Å². The Bertz CT molecular complexity index is 891. The van der Waals surface area contributed by atoms with Gasteiger partial charge in [-0.05, 0) is 48.8 Å². The zero-order chi connectivity index (χ0) is 23.1. The maximum atomic E-state index is 13.4. The van der Waals surface area contributed by atoms with Gasteiger partial charge in [0.05, 0.1) is 14.2 Å². The fourth-order valence-corrected chi connectivity index (χ4v) is 4.25. The van der Waals surface area contributed by atoms with Crippen LogP contribution in [0.2, 0.25) is 0 Å². The predicted molar refractivity (Wildman–Crippen MR) is 125 cm³/mol. The zero-order valence-corrected chi connectivity index (χ0v) is 19.5. The number of hydrogen-bond donors (Lipinski definition) is 1. The first-order valence-corrected chi connectivity index (χ1v) is 11.3. The second-order valence-electron chi connectivity index (χ2n) is 8.66. The van der Waals surface area contributed by atoms with E-state index >= 15 is 0 Å². The molecule has 2 aromatic rings. The third-order valence-electron chi connectivity index (χ3n) is 6.14. The minimum atomic E-state index is -0.590. The Balaban J connectivity index is 1.70. The minimum Gasteiger partial charge on any atom is -0.497 e. The molecule has 1 heterocycles. The van der Waals surface area contributed by atoms with Gasteiger partial charge in [-0.1, -0.05) is 44.2 Å². The normalized spacial score (nSPS) is 17.4. The minimum absolute atomic E-state index is 0.0167. The van der Waals surface area contributed by atoms with Gasteiger partial charge in [0.1, 0.15) is 17.5 Å². The van der Waals surface area contributed by atoms with E-state index in [-0.39, 0.29) is 17.7 Å². The number of carbonyl (C=O) groups excluding carboxylic acids is 2. The van der Waals surface area contributed by atoms with Crippen LogP contribution in [0.25, 0.3) is 0 Å². The van der Waals surface area contributed by atoms with Crippen molar-refractivity contribution in [1.29, 1.82) is 0 Å². The van der Waals surface area contributed by atoms with Crippen molar-refractivity contribution in [3.63, 3.8) is 0 Å². The molecule has 1 aliphatic rings. The summed E-state index contributed by atoms with van der Waals surface area (Å²) in [6.07, 6.45) is 2.95. The van der Waals surface area contributed by atoms with Crippen LogP contribution in [0.5, 0.6) is 11.5 Å². The number of methoxy groups -OCH3 is 2. The van der Waals surface area contributed by atoms with Gasteiger partial charge >= 0.3 is 0 Å². The van der Waals surface area contributed by atoms with E-state index in [1.165, 1.54) is 5.56 Å². The molecule has 6 heteroatoms. The number of benzene rings is 2. The summed E-state index contributed by atoms with van der Waals surface area (Å²) < 4.78 is 10.5. The first kappa shape index (κ1) is 23.6. The molecule has 0 saturated carbocycles. The van der Waals surface area contributed by atoms with Crippen molar-refractivity contribution >= 4 is 11.8 Å². The van der Waals surface area contributed by atoms with E-state index in [1.54, 1.807) is 32.4 Å². The van der Waals surface area contributed by atoms with Gasteiger partial charge in [-0.2, -0.15) is 0 Å². The number of likely N-dealkylation sites (tertiary alicyclic amines) is 1. The molecule has 2 aromatic carbocycles. The summed E-state index contributed by atoms with van der Waals surface area (Å²) in [5.41, 5.74) is 1.74. The molecule has 0 aromatic heterocycles. The fraction of sp³-hybridized carbons (Fsp3) is 0.462. The van der Waals surface area contributed by atoms with Gasteiger partial charge in [-0.25, -0.2) is 0 Å². The summed E-state index contributed by atoms with van der Waals surface area (Å²) >= 11 is 0. The molecule has 1 saturated heterocycles. The second kappa shape index (κ2) is 11.0. The second-order valence-corrected chi connectivity index (χ2v) is 8.66. The number of amides is 2. The predicted octanol–water partition coefficient (Wildman–Crippen LogP) is 4.25. The van der Waals surface area contributed by atoms with Crippen LogP contribution >= 0.6 is 0 Å². The van der Waals surface area contributed by atoms with Gasteiger partial charge in [0.2, 0.25) is 5.91 Å². The first-order chi connectivity index (χ1) is 15.4. The molecule has 0 radical (unpaired) electrons. The summed E-state index contributed by atoms with van der Waals surface area (Å²) in [5, 5.41) is 2.95. The van der Waals surface area contributed by atoms with Crippen LogP contribution in [-0.2, 0) is 4.79 Å². The highest BCUT2D eigenvalue weighted by atomic mass is 16.5. The van der Waals surface area contributed by atoms with Crippen molar-refractivity contribution in [3.8, 4) is 11.5 Å². The Labute approximate surface area is 190 Å². The molecule has 6 nitrogen and oxygen atoms in total.